The number of rotatable bonds is 3. The van der Waals surface area contributed by atoms with Crippen LogP contribution in [0.2, 0.25) is 0 Å². The first kappa shape index (κ1) is 11.2. The van der Waals surface area contributed by atoms with Gasteiger partial charge in [0, 0.05) is 13.1 Å². The third kappa shape index (κ3) is 2.28. The van der Waals surface area contributed by atoms with Crippen molar-refractivity contribution in [2.24, 2.45) is 11.8 Å². The molecule has 1 aliphatic carbocycles. The molecule has 1 saturated heterocycles. The summed E-state index contributed by atoms with van der Waals surface area (Å²) in [5.41, 5.74) is 3.62. The molecular weight excluding hydrogens is 182 g/mol. The van der Waals surface area contributed by atoms with Gasteiger partial charge in [-0.25, -0.2) is 0 Å². The second-order valence-electron chi connectivity index (χ2n) is 5.46. The van der Waals surface area contributed by atoms with Gasteiger partial charge in [0.25, 0.3) is 0 Å². The molecule has 15 heavy (non-hydrogen) atoms. The summed E-state index contributed by atoms with van der Waals surface area (Å²) in [4.78, 5) is 2.53. The fourth-order valence-corrected chi connectivity index (χ4v) is 3.53. The third-order valence-electron chi connectivity index (χ3n) is 4.25. The van der Waals surface area contributed by atoms with Gasteiger partial charge in [-0.2, -0.15) is 0 Å². The van der Waals surface area contributed by atoms with E-state index in [-0.39, 0.29) is 0 Å². The first-order chi connectivity index (χ1) is 7.24. The summed E-state index contributed by atoms with van der Waals surface area (Å²) in [6.07, 6.45) is 6.79. The molecule has 1 heterocycles. The summed E-state index contributed by atoms with van der Waals surface area (Å²) in [7, 11) is 2.28. The van der Waals surface area contributed by atoms with Crippen molar-refractivity contribution in [3.8, 4) is 0 Å². The van der Waals surface area contributed by atoms with Crippen LogP contribution in [0.4, 0.5) is 0 Å². The van der Waals surface area contributed by atoms with Crippen molar-refractivity contribution in [3.63, 3.8) is 0 Å². The second-order valence-corrected chi connectivity index (χ2v) is 5.46. The monoisotopic (exact) mass is 207 g/mol. The van der Waals surface area contributed by atoms with Gasteiger partial charge in [-0.3, -0.25) is 0 Å². The maximum Gasteiger partial charge on any atom is 0.00130 e. The molecule has 1 heteroatoms. The van der Waals surface area contributed by atoms with Crippen LogP contribution in [0.25, 0.3) is 0 Å². The zero-order chi connectivity index (χ0) is 10.8. The topological polar surface area (TPSA) is 3.24 Å². The predicted molar refractivity (Wildman–Crippen MR) is 65.9 cm³/mol. The minimum Gasteiger partial charge on any atom is -0.306 e. The summed E-state index contributed by atoms with van der Waals surface area (Å²) in [5.74, 6) is 1.96. The Balaban J connectivity index is 2.09. The lowest BCUT2D eigenvalue weighted by atomic mass is 9.76. The highest BCUT2D eigenvalue weighted by atomic mass is 15.1. The first-order valence-corrected chi connectivity index (χ1v) is 6.62. The molecule has 0 spiro atoms. The maximum atomic E-state index is 2.53. The third-order valence-corrected chi connectivity index (χ3v) is 4.25. The number of nitrogens with zero attached hydrogens (tertiary/aromatic N) is 1. The lowest BCUT2D eigenvalue weighted by Gasteiger charge is -2.29. The Bertz CT molecular complexity index is 254. The summed E-state index contributed by atoms with van der Waals surface area (Å²) in [6.45, 7) is 7.33. The zero-order valence-electron chi connectivity index (χ0n) is 10.6. The van der Waals surface area contributed by atoms with E-state index in [0.29, 0.717) is 0 Å². The molecule has 0 aromatic heterocycles. The summed E-state index contributed by atoms with van der Waals surface area (Å²) >= 11 is 0. The van der Waals surface area contributed by atoms with Crippen LogP contribution >= 0.6 is 0 Å². The Labute approximate surface area is 94.5 Å². The maximum absolute atomic E-state index is 2.53. The Hall–Kier alpha value is -0.300. The van der Waals surface area contributed by atoms with Gasteiger partial charge in [0.15, 0.2) is 0 Å². The molecule has 0 saturated carbocycles. The molecule has 0 N–H and O–H groups in total. The highest BCUT2D eigenvalue weighted by Gasteiger charge is 2.35. The van der Waals surface area contributed by atoms with Crippen LogP contribution in [-0.4, -0.2) is 25.0 Å². The smallest absolute Gasteiger partial charge is 0.00130 e. The average Bonchev–Trinajstić information content (AvgIpc) is 2.56. The molecular formula is C14H25N. The van der Waals surface area contributed by atoms with E-state index in [1.165, 1.54) is 45.2 Å². The van der Waals surface area contributed by atoms with Gasteiger partial charge in [-0.15, -0.1) is 0 Å². The van der Waals surface area contributed by atoms with Gasteiger partial charge in [0.2, 0.25) is 0 Å². The van der Waals surface area contributed by atoms with Crippen LogP contribution in [0.3, 0.4) is 0 Å². The molecule has 1 aliphatic heterocycles. The summed E-state index contributed by atoms with van der Waals surface area (Å²) < 4.78 is 0. The lowest BCUT2D eigenvalue weighted by Crippen LogP contribution is -2.20. The number of hydrogen-bond donors (Lipinski definition) is 0. The van der Waals surface area contributed by atoms with Gasteiger partial charge in [-0.1, -0.05) is 31.4 Å². The van der Waals surface area contributed by atoms with Crippen molar-refractivity contribution >= 4 is 0 Å². The molecule has 2 atom stereocenters. The molecule has 0 amide bonds. The van der Waals surface area contributed by atoms with E-state index in [4.69, 9.17) is 0 Å². The van der Waals surface area contributed by atoms with E-state index >= 15 is 0 Å². The van der Waals surface area contributed by atoms with E-state index in [2.05, 4.69) is 25.8 Å². The quantitative estimate of drug-likeness (QED) is 0.641. The molecule has 0 aromatic rings. The van der Waals surface area contributed by atoms with Crippen molar-refractivity contribution < 1.29 is 0 Å². The molecule has 86 valence electrons. The van der Waals surface area contributed by atoms with E-state index in [1.807, 2.05) is 5.57 Å². The van der Waals surface area contributed by atoms with Crippen LogP contribution < -0.4 is 0 Å². The number of allylic oxidation sites excluding steroid dienone is 2. The zero-order valence-corrected chi connectivity index (χ0v) is 10.6. The molecule has 1 nitrogen and oxygen atoms in total. The van der Waals surface area contributed by atoms with Crippen LogP contribution in [0.15, 0.2) is 11.1 Å². The SMILES string of the molecule is CCCC1=C(CC)CC2CN(C)C[C@H]2C1. The fourth-order valence-electron chi connectivity index (χ4n) is 3.53. The standard InChI is InChI=1S/C14H25N/c1-4-6-12-8-14-10-15(3)9-13(14)7-11(12)5-2/h13-14H,4-10H2,1-3H3/t13?,14-/m1/s1. The summed E-state index contributed by atoms with van der Waals surface area (Å²) in [6, 6.07) is 0. The number of hydrogen-bond acceptors (Lipinski definition) is 1. The fraction of sp³-hybridized carbons (Fsp3) is 0.857. The van der Waals surface area contributed by atoms with Gasteiger partial charge >= 0.3 is 0 Å². The highest BCUT2D eigenvalue weighted by molar-refractivity contribution is 5.20. The van der Waals surface area contributed by atoms with Crippen molar-refractivity contribution in [1.82, 2.24) is 4.90 Å². The van der Waals surface area contributed by atoms with Gasteiger partial charge in [0.05, 0.1) is 0 Å². The van der Waals surface area contributed by atoms with Crippen molar-refractivity contribution in [2.45, 2.75) is 46.0 Å². The molecule has 0 aromatic carbocycles. The normalized spacial score (nSPS) is 32.2. The van der Waals surface area contributed by atoms with Crippen molar-refractivity contribution in [1.29, 1.82) is 0 Å². The lowest BCUT2D eigenvalue weighted by molar-refractivity contribution is 0.377. The molecule has 2 aliphatic rings. The Morgan fingerprint density at radius 1 is 1.07 bits per heavy atom. The largest absolute Gasteiger partial charge is 0.306 e. The summed E-state index contributed by atoms with van der Waals surface area (Å²) in [5, 5.41) is 0. The molecule has 1 fully saturated rings. The van der Waals surface area contributed by atoms with Crippen LogP contribution in [-0.2, 0) is 0 Å². The number of likely N-dealkylation sites (tertiary alicyclic amines) is 1. The Morgan fingerprint density at radius 2 is 1.67 bits per heavy atom. The van der Waals surface area contributed by atoms with E-state index in [0.717, 1.165) is 11.8 Å². The predicted octanol–water partition coefficient (Wildman–Crippen LogP) is 3.46. The second kappa shape index (κ2) is 4.69. The van der Waals surface area contributed by atoms with Crippen molar-refractivity contribution in [3.05, 3.63) is 11.1 Å². The minimum atomic E-state index is 0.977. The van der Waals surface area contributed by atoms with Gasteiger partial charge in [-0.05, 0) is 44.6 Å². The van der Waals surface area contributed by atoms with E-state index in [9.17, 15) is 0 Å². The molecule has 2 rings (SSSR count). The average molecular weight is 207 g/mol. The van der Waals surface area contributed by atoms with E-state index < -0.39 is 0 Å². The minimum absolute atomic E-state index is 0.977. The Kier molecular flexibility index (Phi) is 3.50. The first-order valence-electron chi connectivity index (χ1n) is 6.62. The van der Waals surface area contributed by atoms with Crippen molar-refractivity contribution in [2.75, 3.05) is 20.1 Å². The van der Waals surface area contributed by atoms with Crippen LogP contribution in [0.5, 0.6) is 0 Å². The van der Waals surface area contributed by atoms with Gasteiger partial charge < -0.3 is 4.90 Å². The van der Waals surface area contributed by atoms with Crippen LogP contribution in [0.1, 0.15) is 46.0 Å². The molecule has 0 bridgehead atoms. The highest BCUT2D eigenvalue weighted by Crippen LogP contribution is 2.41. The molecule has 1 unspecified atom stereocenters. The number of fused-ring (bicyclic) bond motifs is 1. The van der Waals surface area contributed by atoms with Crippen LogP contribution in [0, 0.1) is 11.8 Å². The van der Waals surface area contributed by atoms with Gasteiger partial charge in [0.1, 0.15) is 0 Å². The molecule has 0 radical (unpaired) electrons. The van der Waals surface area contributed by atoms with E-state index in [1.54, 1.807) is 5.57 Å². The Morgan fingerprint density at radius 3 is 2.20 bits per heavy atom.